The van der Waals surface area contributed by atoms with Crippen LogP contribution in [0, 0.1) is 0 Å². The maximum atomic E-state index is 13.5. The summed E-state index contributed by atoms with van der Waals surface area (Å²) in [6, 6.07) is 0.460. The highest BCUT2D eigenvalue weighted by molar-refractivity contribution is 14.1. The van der Waals surface area contributed by atoms with Gasteiger partial charge < -0.3 is 14.9 Å². The fraction of sp³-hybridized carbons (Fsp3) is 0.500. The van der Waals surface area contributed by atoms with Crippen LogP contribution in [0.5, 0.6) is 0 Å². The van der Waals surface area contributed by atoms with E-state index in [0.717, 1.165) is 16.9 Å². The normalized spacial score (nSPS) is 25.0. The highest BCUT2D eigenvalue weighted by Gasteiger charge is 2.44. The lowest BCUT2D eigenvalue weighted by molar-refractivity contribution is -0.136. The van der Waals surface area contributed by atoms with E-state index in [4.69, 9.17) is 11.6 Å². The number of nitrogens with zero attached hydrogens (tertiary/aromatic N) is 4. The molecule has 2 aliphatic heterocycles. The number of imidazole rings is 1. The van der Waals surface area contributed by atoms with E-state index in [0.29, 0.717) is 19.4 Å². The van der Waals surface area contributed by atoms with Gasteiger partial charge in [0.1, 0.15) is 15.3 Å². The summed E-state index contributed by atoms with van der Waals surface area (Å²) in [5, 5.41) is 10.5. The van der Waals surface area contributed by atoms with Crippen molar-refractivity contribution in [2.24, 2.45) is 0 Å². The van der Waals surface area contributed by atoms with Crippen LogP contribution >= 0.6 is 50.1 Å². The summed E-state index contributed by atoms with van der Waals surface area (Å²) in [7, 11) is 0. The number of carbonyl (C=O) groups excluding carboxylic acids is 2. The molecule has 3 atom stereocenters. The summed E-state index contributed by atoms with van der Waals surface area (Å²) in [4.78, 5) is 32.1. The zero-order valence-corrected chi connectivity index (χ0v) is 20.2. The van der Waals surface area contributed by atoms with Crippen LogP contribution in [-0.4, -0.2) is 65.4 Å². The van der Waals surface area contributed by atoms with E-state index < -0.39 is 39.5 Å². The van der Waals surface area contributed by atoms with Gasteiger partial charge in [-0.25, -0.2) is 4.98 Å². The number of alkyl halides is 4. The minimum atomic E-state index is -4.69. The van der Waals surface area contributed by atoms with Crippen molar-refractivity contribution in [1.29, 1.82) is 0 Å². The SMILES string of the molecule is O=C(c1nc2c(C(F)(F)F)cc(Br)cn2c1Cl)N1CCC(N2CCCC2=O)C(O)C1I. The summed E-state index contributed by atoms with van der Waals surface area (Å²) in [6.45, 7) is 0.767. The Bertz CT molecular complexity index is 1070. The molecular formula is C18H16BrClF3IN4O3. The summed E-state index contributed by atoms with van der Waals surface area (Å²) < 4.78 is 40.8. The smallest absolute Gasteiger partial charge is 0.388 e. The standard InChI is InChI=1S/C18H16BrClF3IN4O3/c19-8-6-9(18(21,22)23)16-25-12(14(20)28(16)7-8)17(31)27-5-3-10(13(30)15(27)24)26-4-1-2-11(26)29/h6-7,10,13,15,30H,1-5H2. The minimum Gasteiger partial charge on any atom is -0.388 e. The van der Waals surface area contributed by atoms with E-state index in [9.17, 15) is 27.9 Å². The predicted octanol–water partition coefficient (Wildman–Crippen LogP) is 3.73. The molecule has 168 valence electrons. The van der Waals surface area contributed by atoms with Crippen molar-refractivity contribution in [2.45, 2.75) is 41.6 Å². The average molecular weight is 636 g/mol. The van der Waals surface area contributed by atoms with Crippen LogP contribution in [0.3, 0.4) is 0 Å². The highest BCUT2D eigenvalue weighted by atomic mass is 127. The number of aliphatic hydroxyl groups is 1. The number of pyridine rings is 1. The van der Waals surface area contributed by atoms with Crippen molar-refractivity contribution in [3.05, 3.63) is 33.1 Å². The maximum Gasteiger partial charge on any atom is 0.420 e. The third kappa shape index (κ3) is 4.04. The van der Waals surface area contributed by atoms with Gasteiger partial charge in [0.15, 0.2) is 11.3 Å². The Balaban J connectivity index is 1.66. The second-order valence-corrected chi connectivity index (χ2v) is 9.97. The topological polar surface area (TPSA) is 78.2 Å². The highest BCUT2D eigenvalue weighted by Crippen LogP contribution is 2.37. The molecule has 0 aliphatic carbocycles. The lowest BCUT2D eigenvalue weighted by Crippen LogP contribution is -2.59. The molecule has 31 heavy (non-hydrogen) atoms. The Morgan fingerprint density at radius 3 is 2.68 bits per heavy atom. The Kier molecular flexibility index (Phi) is 6.20. The van der Waals surface area contributed by atoms with Crippen molar-refractivity contribution in [2.75, 3.05) is 13.1 Å². The zero-order chi connectivity index (χ0) is 22.7. The predicted molar refractivity (Wildman–Crippen MR) is 117 cm³/mol. The molecule has 0 bridgehead atoms. The van der Waals surface area contributed by atoms with Crippen LogP contribution in [0.25, 0.3) is 5.65 Å². The van der Waals surface area contributed by atoms with E-state index in [1.807, 2.05) is 22.6 Å². The van der Waals surface area contributed by atoms with Crippen LogP contribution in [0.15, 0.2) is 16.7 Å². The molecule has 2 aliphatic rings. The molecule has 3 unspecified atom stereocenters. The molecule has 1 N–H and O–H groups in total. The van der Waals surface area contributed by atoms with E-state index in [-0.39, 0.29) is 27.8 Å². The van der Waals surface area contributed by atoms with Gasteiger partial charge >= 0.3 is 6.18 Å². The van der Waals surface area contributed by atoms with Gasteiger partial charge in [-0.3, -0.25) is 14.0 Å². The van der Waals surface area contributed by atoms with E-state index in [1.54, 1.807) is 4.90 Å². The Hall–Kier alpha value is -1.12. The number of fused-ring (bicyclic) bond motifs is 1. The summed E-state index contributed by atoms with van der Waals surface area (Å²) in [6.07, 6.45) is -2.88. The molecule has 0 spiro atoms. The summed E-state index contributed by atoms with van der Waals surface area (Å²) in [5.41, 5.74) is -1.83. The molecule has 4 heterocycles. The molecule has 13 heteroatoms. The number of hydrogen-bond donors (Lipinski definition) is 1. The number of rotatable bonds is 2. The van der Waals surface area contributed by atoms with Gasteiger partial charge in [0.2, 0.25) is 5.91 Å². The number of carbonyl (C=O) groups is 2. The van der Waals surface area contributed by atoms with Gasteiger partial charge in [-0.1, -0.05) is 34.2 Å². The number of hydrogen-bond acceptors (Lipinski definition) is 4. The summed E-state index contributed by atoms with van der Waals surface area (Å²) in [5.74, 6) is -0.705. The first-order valence-electron chi connectivity index (χ1n) is 9.37. The monoisotopic (exact) mass is 634 g/mol. The number of aromatic nitrogens is 2. The first-order chi connectivity index (χ1) is 14.5. The van der Waals surface area contributed by atoms with Gasteiger partial charge in [0, 0.05) is 30.2 Å². The van der Waals surface area contributed by atoms with Crippen molar-refractivity contribution in [3.8, 4) is 0 Å². The molecule has 2 saturated heterocycles. The van der Waals surface area contributed by atoms with Crippen molar-refractivity contribution in [3.63, 3.8) is 0 Å². The zero-order valence-electron chi connectivity index (χ0n) is 15.7. The third-order valence-electron chi connectivity index (χ3n) is 5.55. The van der Waals surface area contributed by atoms with Crippen molar-refractivity contribution < 1.29 is 27.9 Å². The molecule has 4 rings (SSSR count). The van der Waals surface area contributed by atoms with Crippen LogP contribution in [0.2, 0.25) is 5.15 Å². The third-order valence-corrected chi connectivity index (χ3v) is 7.75. The first-order valence-corrected chi connectivity index (χ1v) is 11.8. The van der Waals surface area contributed by atoms with Gasteiger partial charge in [0.05, 0.1) is 11.6 Å². The van der Waals surface area contributed by atoms with Gasteiger partial charge in [0.25, 0.3) is 5.91 Å². The van der Waals surface area contributed by atoms with E-state index in [2.05, 4.69) is 20.9 Å². The molecule has 2 amide bonds. The van der Waals surface area contributed by atoms with E-state index >= 15 is 0 Å². The van der Waals surface area contributed by atoms with Crippen LogP contribution in [0.4, 0.5) is 13.2 Å². The molecular weight excluding hydrogens is 619 g/mol. The number of piperidine rings is 1. The molecule has 0 radical (unpaired) electrons. The fourth-order valence-corrected chi connectivity index (χ4v) is 5.77. The van der Waals surface area contributed by atoms with Crippen LogP contribution in [0.1, 0.15) is 35.3 Å². The first kappa shape index (κ1) is 23.1. The Morgan fingerprint density at radius 2 is 2.06 bits per heavy atom. The molecule has 0 saturated carbocycles. The molecule has 2 fully saturated rings. The van der Waals surface area contributed by atoms with Crippen molar-refractivity contribution >= 4 is 67.6 Å². The minimum absolute atomic E-state index is 0.0268. The molecule has 7 nitrogen and oxygen atoms in total. The summed E-state index contributed by atoms with van der Waals surface area (Å²) >= 11 is 11.2. The quantitative estimate of drug-likeness (QED) is 0.310. The van der Waals surface area contributed by atoms with Crippen molar-refractivity contribution in [1.82, 2.24) is 19.2 Å². The fourth-order valence-electron chi connectivity index (χ4n) is 4.07. The van der Waals surface area contributed by atoms with Crippen LogP contribution in [-0.2, 0) is 11.0 Å². The van der Waals surface area contributed by atoms with Crippen LogP contribution < -0.4 is 0 Å². The van der Waals surface area contributed by atoms with Gasteiger partial charge in [-0.2, -0.15) is 13.2 Å². The van der Waals surface area contributed by atoms with Gasteiger partial charge in [-0.15, -0.1) is 0 Å². The Labute approximate surface area is 201 Å². The molecule has 0 aromatic carbocycles. The lowest BCUT2D eigenvalue weighted by atomic mass is 10.00. The number of halogens is 6. The lowest BCUT2D eigenvalue weighted by Gasteiger charge is -2.43. The van der Waals surface area contributed by atoms with Gasteiger partial charge in [-0.05, 0) is 34.8 Å². The van der Waals surface area contributed by atoms with E-state index in [1.165, 1.54) is 11.1 Å². The number of amides is 2. The molecule has 2 aromatic heterocycles. The second kappa shape index (κ2) is 8.34. The Morgan fingerprint density at radius 1 is 1.35 bits per heavy atom. The largest absolute Gasteiger partial charge is 0.420 e. The average Bonchev–Trinajstić information content (AvgIpc) is 3.26. The molecule has 2 aromatic rings. The maximum absolute atomic E-state index is 13.5. The second-order valence-electron chi connectivity index (χ2n) is 7.42. The number of likely N-dealkylation sites (tertiary alicyclic amines) is 2. The number of aliphatic hydroxyl groups excluding tert-OH is 1.